The molecule has 0 N–H and O–H groups in total. The van der Waals surface area contributed by atoms with Gasteiger partial charge in [-0.2, -0.15) is 0 Å². The van der Waals surface area contributed by atoms with E-state index in [1.165, 1.54) is 13.2 Å². The molecule has 0 fully saturated rings. The number of benzene rings is 1. The second-order valence-electron chi connectivity index (χ2n) is 3.96. The van der Waals surface area contributed by atoms with Crippen LogP contribution in [0.5, 0.6) is 0 Å². The monoisotopic (exact) mass is 254 g/mol. The Bertz CT molecular complexity index is 571. The van der Waals surface area contributed by atoms with Gasteiger partial charge in [0.2, 0.25) is 0 Å². The van der Waals surface area contributed by atoms with Crippen LogP contribution >= 0.6 is 0 Å². The van der Waals surface area contributed by atoms with Gasteiger partial charge in [0.25, 0.3) is 0 Å². The molecule has 2 rings (SSSR count). The highest BCUT2D eigenvalue weighted by Crippen LogP contribution is 2.19. The van der Waals surface area contributed by atoms with Crippen LogP contribution in [0.3, 0.4) is 0 Å². The topological polar surface area (TPSA) is 35.5 Å². The number of esters is 1. The average Bonchev–Trinajstić information content (AvgIpc) is 2.46. The van der Waals surface area contributed by atoms with Crippen molar-refractivity contribution in [1.82, 2.24) is 0 Å². The maximum absolute atomic E-state index is 11.1. The highest BCUT2D eigenvalue weighted by atomic mass is 16.5. The van der Waals surface area contributed by atoms with Crippen molar-refractivity contribution in [1.29, 1.82) is 0 Å². The first-order valence-corrected chi connectivity index (χ1v) is 6.01. The maximum atomic E-state index is 11.1. The minimum absolute atomic E-state index is 0.410. The average molecular weight is 254 g/mol. The summed E-state index contributed by atoms with van der Waals surface area (Å²) in [6, 6.07) is 9.67. The lowest BCUT2D eigenvalue weighted by atomic mass is 10.2. The van der Waals surface area contributed by atoms with Crippen molar-refractivity contribution in [3.05, 3.63) is 59.6 Å². The summed E-state index contributed by atoms with van der Waals surface area (Å²) in [5.74, 6) is 6.72. The van der Waals surface area contributed by atoms with Gasteiger partial charge in [-0.05, 0) is 30.6 Å². The van der Waals surface area contributed by atoms with E-state index in [0.717, 1.165) is 12.0 Å². The molecule has 1 aromatic carbocycles. The minimum Gasteiger partial charge on any atom is -0.466 e. The quantitative estimate of drug-likeness (QED) is 0.439. The van der Waals surface area contributed by atoms with Crippen LogP contribution < -0.4 is 0 Å². The fraction of sp³-hybridized carbons (Fsp3) is 0.188. The number of rotatable bonds is 1. The molecular weight excluding hydrogens is 240 g/mol. The molecule has 96 valence electrons. The molecule has 0 spiro atoms. The third kappa shape index (κ3) is 4.04. The van der Waals surface area contributed by atoms with E-state index in [2.05, 4.69) is 16.6 Å². The van der Waals surface area contributed by atoms with E-state index in [4.69, 9.17) is 4.74 Å². The van der Waals surface area contributed by atoms with Crippen molar-refractivity contribution < 1.29 is 14.3 Å². The zero-order valence-corrected chi connectivity index (χ0v) is 10.7. The zero-order chi connectivity index (χ0) is 13.5. The van der Waals surface area contributed by atoms with Crippen LogP contribution in [0, 0.1) is 11.8 Å². The molecule has 0 unspecified atom stereocenters. The largest absolute Gasteiger partial charge is 0.466 e. The van der Waals surface area contributed by atoms with Crippen LogP contribution in [0.2, 0.25) is 0 Å². The lowest BCUT2D eigenvalue weighted by Crippen LogP contribution is -2.03. The summed E-state index contributed by atoms with van der Waals surface area (Å²) >= 11 is 0. The van der Waals surface area contributed by atoms with Crippen molar-refractivity contribution in [2.24, 2.45) is 0 Å². The van der Waals surface area contributed by atoms with Crippen molar-refractivity contribution in [2.45, 2.75) is 12.8 Å². The number of methoxy groups -OCH3 is 1. The Morgan fingerprint density at radius 2 is 2.11 bits per heavy atom. The van der Waals surface area contributed by atoms with E-state index >= 15 is 0 Å². The molecule has 1 aliphatic heterocycles. The molecule has 0 radical (unpaired) electrons. The second kappa shape index (κ2) is 6.46. The lowest BCUT2D eigenvalue weighted by molar-refractivity contribution is -0.135. The summed E-state index contributed by atoms with van der Waals surface area (Å²) in [5, 5.41) is 0. The number of allylic oxidation sites excluding steroid dienone is 3. The molecule has 0 saturated heterocycles. The van der Waals surface area contributed by atoms with Gasteiger partial charge in [0.1, 0.15) is 5.76 Å². The third-order valence-corrected chi connectivity index (χ3v) is 2.55. The summed E-state index contributed by atoms with van der Waals surface area (Å²) in [5.41, 5.74) is 0.927. The Hall–Kier alpha value is -2.47. The molecule has 1 heterocycles. The third-order valence-electron chi connectivity index (χ3n) is 2.55. The molecule has 0 bridgehead atoms. The number of carbonyl (C=O) groups excluding carboxylic acids is 1. The summed E-state index contributed by atoms with van der Waals surface area (Å²) in [6.07, 6.45) is 4.77. The van der Waals surface area contributed by atoms with Gasteiger partial charge in [-0.15, -0.1) is 0 Å². The normalized spacial score (nSPS) is 15.8. The fourth-order valence-corrected chi connectivity index (χ4v) is 1.60. The Kier molecular flexibility index (Phi) is 4.41. The van der Waals surface area contributed by atoms with Crippen molar-refractivity contribution in [3.63, 3.8) is 0 Å². The van der Waals surface area contributed by atoms with Crippen LogP contribution in [0.1, 0.15) is 18.4 Å². The maximum Gasteiger partial charge on any atom is 0.333 e. The van der Waals surface area contributed by atoms with Crippen LogP contribution in [-0.4, -0.2) is 13.1 Å². The van der Waals surface area contributed by atoms with E-state index in [1.807, 2.05) is 36.4 Å². The molecule has 3 nitrogen and oxygen atoms in total. The van der Waals surface area contributed by atoms with Crippen molar-refractivity contribution in [3.8, 4) is 11.8 Å². The molecule has 1 aromatic rings. The molecule has 3 heteroatoms. The zero-order valence-electron chi connectivity index (χ0n) is 10.7. The number of carbonyl (C=O) groups is 1. The summed E-state index contributed by atoms with van der Waals surface area (Å²) in [4.78, 5) is 11.1. The summed E-state index contributed by atoms with van der Waals surface area (Å²) in [7, 11) is 1.34. The van der Waals surface area contributed by atoms with Gasteiger partial charge in [-0.1, -0.05) is 24.1 Å². The van der Waals surface area contributed by atoms with Gasteiger partial charge in [-0.3, -0.25) is 0 Å². The Morgan fingerprint density at radius 1 is 1.32 bits per heavy atom. The van der Waals surface area contributed by atoms with Crippen molar-refractivity contribution in [2.75, 3.05) is 7.11 Å². The molecule has 0 atom stereocenters. The smallest absolute Gasteiger partial charge is 0.333 e. The van der Waals surface area contributed by atoms with Gasteiger partial charge in [0.05, 0.1) is 13.2 Å². The molecule has 0 amide bonds. The lowest BCUT2D eigenvalue weighted by Gasteiger charge is -2.13. The first kappa shape index (κ1) is 13.0. The van der Waals surface area contributed by atoms with Crippen LogP contribution in [0.15, 0.2) is 54.0 Å². The molecule has 0 saturated carbocycles. The minimum atomic E-state index is -0.410. The van der Waals surface area contributed by atoms with Gasteiger partial charge in [-0.25, -0.2) is 4.79 Å². The first-order valence-electron chi connectivity index (χ1n) is 6.01. The SMILES string of the molecule is COC(=O)/C=C1/CCC=C(C#Cc2ccccc2)O1. The van der Waals surface area contributed by atoms with Gasteiger partial charge in [0.15, 0.2) is 5.76 Å². The molecule has 19 heavy (non-hydrogen) atoms. The predicted molar refractivity (Wildman–Crippen MR) is 71.8 cm³/mol. The fourth-order valence-electron chi connectivity index (χ4n) is 1.60. The van der Waals surface area contributed by atoms with Crippen LogP contribution in [-0.2, 0) is 14.3 Å². The van der Waals surface area contributed by atoms with E-state index in [-0.39, 0.29) is 0 Å². The molecule has 1 aliphatic rings. The summed E-state index contributed by atoms with van der Waals surface area (Å²) < 4.78 is 10.1. The Morgan fingerprint density at radius 3 is 2.84 bits per heavy atom. The first-order chi connectivity index (χ1) is 9.28. The standard InChI is InChI=1S/C16H14O3/c1-18-16(17)12-15-9-5-8-14(19-15)11-10-13-6-3-2-4-7-13/h2-4,6-8,12H,5,9H2,1H3/b15-12-. The highest BCUT2D eigenvalue weighted by Gasteiger charge is 2.10. The number of ether oxygens (including phenoxy) is 2. The van der Waals surface area contributed by atoms with E-state index < -0.39 is 5.97 Å². The van der Waals surface area contributed by atoms with Gasteiger partial charge < -0.3 is 9.47 Å². The molecule has 0 aromatic heterocycles. The summed E-state index contributed by atoms with van der Waals surface area (Å²) in [6.45, 7) is 0. The molecule has 0 aliphatic carbocycles. The Labute approximate surface area is 112 Å². The van der Waals surface area contributed by atoms with Gasteiger partial charge in [0, 0.05) is 12.0 Å². The molecular formula is C16H14O3. The van der Waals surface area contributed by atoms with Crippen molar-refractivity contribution >= 4 is 5.97 Å². The van der Waals surface area contributed by atoms with E-state index in [9.17, 15) is 4.79 Å². The number of hydrogen-bond donors (Lipinski definition) is 0. The Balaban J connectivity index is 2.07. The van der Waals surface area contributed by atoms with Crippen LogP contribution in [0.4, 0.5) is 0 Å². The number of hydrogen-bond acceptors (Lipinski definition) is 3. The highest BCUT2D eigenvalue weighted by molar-refractivity contribution is 5.82. The van der Waals surface area contributed by atoms with E-state index in [1.54, 1.807) is 0 Å². The van der Waals surface area contributed by atoms with Gasteiger partial charge >= 0.3 is 5.97 Å². The second-order valence-corrected chi connectivity index (χ2v) is 3.96. The predicted octanol–water partition coefficient (Wildman–Crippen LogP) is 2.79. The van der Waals surface area contributed by atoms with Crippen LogP contribution in [0.25, 0.3) is 0 Å². The van der Waals surface area contributed by atoms with E-state index in [0.29, 0.717) is 17.9 Å².